The molecule has 4 rings (SSSR count). The molecule has 0 saturated carbocycles. The zero-order chi connectivity index (χ0) is 16.5. The van der Waals surface area contributed by atoms with Crippen LogP contribution in [0.15, 0.2) is 46.6 Å². The Kier molecular flexibility index (Phi) is 3.92. The van der Waals surface area contributed by atoms with Crippen LogP contribution in [0, 0.1) is 0 Å². The fourth-order valence-corrected chi connectivity index (χ4v) is 3.73. The molecule has 2 aromatic heterocycles. The van der Waals surface area contributed by atoms with Gasteiger partial charge in [0.1, 0.15) is 16.3 Å². The van der Waals surface area contributed by atoms with Crippen molar-refractivity contribution in [3.8, 4) is 5.75 Å². The summed E-state index contributed by atoms with van der Waals surface area (Å²) >= 11 is 1.42. The highest BCUT2D eigenvalue weighted by atomic mass is 32.1. The first-order valence-electron chi connectivity index (χ1n) is 7.86. The first-order valence-corrected chi connectivity index (χ1v) is 8.74. The van der Waals surface area contributed by atoms with Crippen molar-refractivity contribution in [3.05, 3.63) is 63.5 Å². The second-order valence-electron chi connectivity index (χ2n) is 5.91. The van der Waals surface area contributed by atoms with Crippen LogP contribution in [-0.2, 0) is 6.54 Å². The molecule has 0 amide bonds. The lowest BCUT2D eigenvalue weighted by atomic mass is 9.99. The minimum atomic E-state index is -0.0534. The van der Waals surface area contributed by atoms with Crippen LogP contribution in [0.25, 0.3) is 15.8 Å². The Morgan fingerprint density at radius 3 is 2.83 bits per heavy atom. The zero-order valence-electron chi connectivity index (χ0n) is 13.0. The molecule has 0 saturated heterocycles. The van der Waals surface area contributed by atoms with Gasteiger partial charge >= 0.3 is 0 Å². The number of phenols is 1. The SMILES string of the molecule is O=c1[nH]c(CN2CC=C(c3ccc(O)cc3)CC2)nc2ccsc12. The maximum absolute atomic E-state index is 12.0. The van der Waals surface area contributed by atoms with Crippen LogP contribution < -0.4 is 5.56 Å². The van der Waals surface area contributed by atoms with E-state index in [1.807, 2.05) is 23.6 Å². The van der Waals surface area contributed by atoms with Gasteiger partial charge in [-0.1, -0.05) is 18.2 Å². The van der Waals surface area contributed by atoms with E-state index >= 15 is 0 Å². The summed E-state index contributed by atoms with van der Waals surface area (Å²) in [7, 11) is 0. The molecule has 0 fully saturated rings. The Morgan fingerprint density at radius 1 is 1.25 bits per heavy atom. The van der Waals surface area contributed by atoms with E-state index < -0.39 is 0 Å². The fourth-order valence-electron chi connectivity index (χ4n) is 3.00. The Morgan fingerprint density at radius 2 is 2.08 bits per heavy atom. The largest absolute Gasteiger partial charge is 0.508 e. The van der Waals surface area contributed by atoms with Crippen LogP contribution >= 0.6 is 11.3 Å². The number of H-pyrrole nitrogens is 1. The smallest absolute Gasteiger partial charge is 0.268 e. The molecule has 1 aliphatic heterocycles. The van der Waals surface area contributed by atoms with E-state index in [9.17, 15) is 9.90 Å². The summed E-state index contributed by atoms with van der Waals surface area (Å²) in [5, 5.41) is 11.3. The van der Waals surface area contributed by atoms with E-state index in [0.717, 1.165) is 30.6 Å². The van der Waals surface area contributed by atoms with Gasteiger partial charge in [-0.25, -0.2) is 4.98 Å². The number of phenolic OH excluding ortho intramolecular Hbond substituents is 1. The van der Waals surface area contributed by atoms with Gasteiger partial charge in [0.15, 0.2) is 0 Å². The summed E-state index contributed by atoms with van der Waals surface area (Å²) in [5.41, 5.74) is 3.16. The number of thiophene rings is 1. The van der Waals surface area contributed by atoms with Crippen LogP contribution in [0.2, 0.25) is 0 Å². The lowest BCUT2D eigenvalue weighted by Gasteiger charge is -2.26. The number of aromatic nitrogens is 2. The maximum Gasteiger partial charge on any atom is 0.268 e. The monoisotopic (exact) mass is 339 g/mol. The second-order valence-corrected chi connectivity index (χ2v) is 6.83. The third-order valence-electron chi connectivity index (χ3n) is 4.27. The number of aromatic hydroxyl groups is 1. The predicted octanol–water partition coefficient (Wildman–Crippen LogP) is 2.98. The lowest BCUT2D eigenvalue weighted by molar-refractivity contribution is 0.286. The average Bonchev–Trinajstić information content (AvgIpc) is 3.05. The molecule has 0 atom stereocenters. The van der Waals surface area contributed by atoms with E-state index in [2.05, 4.69) is 20.9 Å². The Balaban J connectivity index is 1.48. The molecule has 2 N–H and O–H groups in total. The van der Waals surface area contributed by atoms with E-state index in [1.165, 1.54) is 16.9 Å². The molecule has 5 nitrogen and oxygen atoms in total. The van der Waals surface area contributed by atoms with Crippen LogP contribution in [0.5, 0.6) is 5.75 Å². The normalized spacial score (nSPS) is 15.6. The molecular weight excluding hydrogens is 322 g/mol. The molecule has 0 unspecified atom stereocenters. The van der Waals surface area contributed by atoms with Crippen molar-refractivity contribution in [1.82, 2.24) is 14.9 Å². The van der Waals surface area contributed by atoms with Crippen molar-refractivity contribution >= 4 is 27.1 Å². The van der Waals surface area contributed by atoms with Gasteiger partial charge in [0, 0.05) is 13.1 Å². The average molecular weight is 339 g/mol. The topological polar surface area (TPSA) is 69.2 Å². The molecule has 1 aromatic carbocycles. The van der Waals surface area contributed by atoms with Gasteiger partial charge < -0.3 is 10.1 Å². The van der Waals surface area contributed by atoms with Crippen LogP contribution in [0.3, 0.4) is 0 Å². The van der Waals surface area contributed by atoms with Gasteiger partial charge in [-0.15, -0.1) is 11.3 Å². The molecule has 0 radical (unpaired) electrons. The van der Waals surface area contributed by atoms with Gasteiger partial charge in [0.25, 0.3) is 5.56 Å². The molecule has 0 bridgehead atoms. The molecule has 24 heavy (non-hydrogen) atoms. The first kappa shape index (κ1) is 15.1. The summed E-state index contributed by atoms with van der Waals surface area (Å²) in [6.07, 6.45) is 3.15. The quantitative estimate of drug-likeness (QED) is 0.770. The molecule has 0 aliphatic carbocycles. The predicted molar refractivity (Wildman–Crippen MR) is 96.2 cm³/mol. The van der Waals surface area contributed by atoms with Crippen molar-refractivity contribution in [2.45, 2.75) is 13.0 Å². The van der Waals surface area contributed by atoms with E-state index in [4.69, 9.17) is 0 Å². The number of nitrogens with zero attached hydrogens (tertiary/aromatic N) is 2. The molecule has 0 spiro atoms. The lowest BCUT2D eigenvalue weighted by Crippen LogP contribution is -2.29. The number of nitrogens with one attached hydrogen (secondary N) is 1. The van der Waals surface area contributed by atoms with E-state index in [-0.39, 0.29) is 11.3 Å². The standard InChI is InChI=1S/C18H17N3O2S/c22-14-3-1-12(2-4-14)13-5-8-21(9-6-13)11-16-19-15-7-10-24-17(15)18(23)20-16/h1-5,7,10,22H,6,8-9,11H2,(H,19,20,23). The molecule has 6 heteroatoms. The van der Waals surface area contributed by atoms with Crippen LogP contribution in [0.4, 0.5) is 0 Å². The van der Waals surface area contributed by atoms with Crippen LogP contribution in [0.1, 0.15) is 17.8 Å². The van der Waals surface area contributed by atoms with Crippen molar-refractivity contribution < 1.29 is 5.11 Å². The van der Waals surface area contributed by atoms with Gasteiger partial charge in [0.05, 0.1) is 12.1 Å². The highest BCUT2D eigenvalue weighted by molar-refractivity contribution is 7.17. The summed E-state index contributed by atoms with van der Waals surface area (Å²) < 4.78 is 0.687. The maximum atomic E-state index is 12.0. The number of aromatic amines is 1. The van der Waals surface area contributed by atoms with Crippen molar-refractivity contribution in [2.75, 3.05) is 13.1 Å². The number of benzene rings is 1. The molecule has 1 aliphatic rings. The Bertz CT molecular complexity index is 956. The van der Waals surface area contributed by atoms with Gasteiger partial charge in [0.2, 0.25) is 0 Å². The fraction of sp³-hybridized carbons (Fsp3) is 0.222. The Hall–Kier alpha value is -2.44. The van der Waals surface area contributed by atoms with Gasteiger partial charge in [-0.3, -0.25) is 9.69 Å². The molecule has 3 heterocycles. The third kappa shape index (κ3) is 2.98. The zero-order valence-corrected chi connectivity index (χ0v) is 13.8. The van der Waals surface area contributed by atoms with Gasteiger partial charge in [-0.2, -0.15) is 0 Å². The van der Waals surface area contributed by atoms with Crippen LogP contribution in [-0.4, -0.2) is 33.1 Å². The summed E-state index contributed by atoms with van der Waals surface area (Å²) in [4.78, 5) is 21.7. The molecular formula is C18H17N3O2S. The first-order chi connectivity index (χ1) is 11.7. The number of rotatable bonds is 3. The second kappa shape index (κ2) is 6.22. The van der Waals surface area contributed by atoms with Crippen molar-refractivity contribution in [1.29, 1.82) is 0 Å². The number of hydrogen-bond donors (Lipinski definition) is 2. The minimum absolute atomic E-state index is 0.0534. The van der Waals surface area contributed by atoms with E-state index in [1.54, 1.807) is 12.1 Å². The molecule has 3 aromatic rings. The summed E-state index contributed by atoms with van der Waals surface area (Å²) in [6, 6.07) is 9.21. The number of fused-ring (bicyclic) bond motifs is 1. The third-order valence-corrected chi connectivity index (χ3v) is 5.17. The van der Waals surface area contributed by atoms with Gasteiger partial charge in [-0.05, 0) is 41.1 Å². The van der Waals surface area contributed by atoms with E-state index in [0.29, 0.717) is 17.1 Å². The molecule has 122 valence electrons. The number of hydrogen-bond acceptors (Lipinski definition) is 5. The summed E-state index contributed by atoms with van der Waals surface area (Å²) in [5.74, 6) is 1.00. The Labute approximate surface area is 142 Å². The minimum Gasteiger partial charge on any atom is -0.508 e. The van der Waals surface area contributed by atoms with Crippen molar-refractivity contribution in [3.63, 3.8) is 0 Å². The van der Waals surface area contributed by atoms with Crippen molar-refractivity contribution in [2.24, 2.45) is 0 Å². The summed E-state index contributed by atoms with van der Waals surface area (Å²) in [6.45, 7) is 2.38. The highest BCUT2D eigenvalue weighted by Gasteiger charge is 2.15. The highest BCUT2D eigenvalue weighted by Crippen LogP contribution is 2.24.